The molecule has 0 heterocycles. The van der Waals surface area contributed by atoms with Crippen LogP contribution in [0.25, 0.3) is 0 Å². The number of nitrogens with zero attached hydrogens (tertiary/aromatic N) is 1. The van der Waals surface area contributed by atoms with Gasteiger partial charge in [-0.05, 0) is 25.7 Å². The van der Waals surface area contributed by atoms with E-state index in [0.717, 1.165) is 25.7 Å². The molecule has 0 aromatic heterocycles. The van der Waals surface area contributed by atoms with E-state index in [2.05, 4.69) is 5.32 Å². The maximum atomic E-state index is 11.8. The first-order chi connectivity index (χ1) is 7.59. The number of hydrogen-bond acceptors (Lipinski definition) is 2. The Morgan fingerprint density at radius 1 is 1.25 bits per heavy atom. The van der Waals surface area contributed by atoms with Gasteiger partial charge in [-0.2, -0.15) is 0 Å². The summed E-state index contributed by atoms with van der Waals surface area (Å²) in [5.41, 5.74) is 0. The number of aliphatic carboxylic acids is 1. The molecule has 16 heavy (non-hydrogen) atoms. The summed E-state index contributed by atoms with van der Waals surface area (Å²) in [5.74, 6) is -1.20. The first kappa shape index (κ1) is 11.2. The number of urea groups is 1. The second-order valence-electron chi connectivity index (χ2n) is 4.77. The lowest BCUT2D eigenvalue weighted by Gasteiger charge is -2.23. The Morgan fingerprint density at radius 3 is 2.50 bits per heavy atom. The Bertz CT molecular complexity index is 302. The predicted molar refractivity (Wildman–Crippen MR) is 58.1 cm³/mol. The third-order valence-electron chi connectivity index (χ3n) is 3.56. The van der Waals surface area contributed by atoms with Crippen LogP contribution < -0.4 is 5.32 Å². The molecular formula is C11H18N2O3. The summed E-state index contributed by atoms with van der Waals surface area (Å²) in [6.07, 6.45) is 4.47. The SMILES string of the molecule is CN(C(=O)NC1CCCC1C(=O)O)C1CC1. The minimum Gasteiger partial charge on any atom is -0.481 e. The molecule has 90 valence electrons. The number of carbonyl (C=O) groups is 2. The van der Waals surface area contributed by atoms with E-state index < -0.39 is 11.9 Å². The molecule has 2 atom stereocenters. The molecule has 0 radical (unpaired) electrons. The van der Waals surface area contributed by atoms with Crippen molar-refractivity contribution in [3.63, 3.8) is 0 Å². The van der Waals surface area contributed by atoms with Gasteiger partial charge in [0.25, 0.3) is 0 Å². The Balaban J connectivity index is 1.88. The lowest BCUT2D eigenvalue weighted by atomic mass is 10.0. The van der Waals surface area contributed by atoms with E-state index in [1.165, 1.54) is 0 Å². The van der Waals surface area contributed by atoms with Gasteiger partial charge in [0.05, 0.1) is 5.92 Å². The number of hydrogen-bond donors (Lipinski definition) is 2. The molecule has 0 saturated heterocycles. The Morgan fingerprint density at radius 2 is 1.94 bits per heavy atom. The van der Waals surface area contributed by atoms with Crippen molar-refractivity contribution < 1.29 is 14.7 Å². The van der Waals surface area contributed by atoms with E-state index in [9.17, 15) is 9.59 Å². The van der Waals surface area contributed by atoms with E-state index in [1.54, 1.807) is 11.9 Å². The molecule has 2 saturated carbocycles. The van der Waals surface area contributed by atoms with Crippen LogP contribution in [0.4, 0.5) is 4.79 Å². The van der Waals surface area contributed by atoms with E-state index in [0.29, 0.717) is 12.5 Å². The standard InChI is InChI=1S/C11H18N2O3/c1-13(7-5-6-7)11(16)12-9-4-2-3-8(9)10(14)15/h7-9H,2-6H2,1H3,(H,12,16)(H,14,15). The molecule has 0 spiro atoms. The molecule has 0 aromatic carbocycles. The summed E-state index contributed by atoms with van der Waals surface area (Å²) >= 11 is 0. The second-order valence-corrected chi connectivity index (χ2v) is 4.77. The van der Waals surface area contributed by atoms with Crippen molar-refractivity contribution in [1.82, 2.24) is 10.2 Å². The highest BCUT2D eigenvalue weighted by atomic mass is 16.4. The van der Waals surface area contributed by atoms with Crippen LogP contribution in [-0.4, -0.2) is 41.1 Å². The van der Waals surface area contributed by atoms with Crippen molar-refractivity contribution in [3.8, 4) is 0 Å². The largest absolute Gasteiger partial charge is 0.481 e. The molecule has 2 rings (SSSR count). The summed E-state index contributed by atoms with van der Waals surface area (Å²) in [7, 11) is 1.78. The minimum absolute atomic E-state index is 0.124. The fraction of sp³-hybridized carbons (Fsp3) is 0.818. The fourth-order valence-electron chi connectivity index (χ4n) is 2.32. The zero-order valence-electron chi connectivity index (χ0n) is 9.48. The van der Waals surface area contributed by atoms with Crippen molar-refractivity contribution in [3.05, 3.63) is 0 Å². The molecule has 0 aromatic rings. The lowest BCUT2D eigenvalue weighted by Crippen LogP contribution is -2.46. The van der Waals surface area contributed by atoms with Gasteiger partial charge in [-0.3, -0.25) is 4.79 Å². The Kier molecular flexibility index (Phi) is 3.03. The van der Waals surface area contributed by atoms with Crippen LogP contribution in [-0.2, 0) is 4.79 Å². The average Bonchev–Trinajstić information content (AvgIpc) is 2.97. The van der Waals surface area contributed by atoms with Gasteiger partial charge >= 0.3 is 12.0 Å². The van der Waals surface area contributed by atoms with E-state index in [-0.39, 0.29) is 12.1 Å². The Labute approximate surface area is 94.8 Å². The van der Waals surface area contributed by atoms with Crippen molar-refractivity contribution in [2.24, 2.45) is 5.92 Å². The molecule has 2 unspecified atom stereocenters. The molecular weight excluding hydrogens is 208 g/mol. The van der Waals surface area contributed by atoms with Gasteiger partial charge in [-0.1, -0.05) is 6.42 Å². The number of carboxylic acid groups (broad SMARTS) is 1. The van der Waals surface area contributed by atoms with Gasteiger partial charge in [-0.15, -0.1) is 0 Å². The molecule has 2 aliphatic rings. The van der Waals surface area contributed by atoms with Crippen molar-refractivity contribution in [2.45, 2.75) is 44.2 Å². The van der Waals surface area contributed by atoms with Crippen LogP contribution in [0.2, 0.25) is 0 Å². The predicted octanol–water partition coefficient (Wildman–Crippen LogP) is 1.04. The topological polar surface area (TPSA) is 69.6 Å². The second kappa shape index (κ2) is 4.31. The highest BCUT2D eigenvalue weighted by Gasteiger charge is 2.36. The van der Waals surface area contributed by atoms with Crippen molar-refractivity contribution >= 4 is 12.0 Å². The summed E-state index contributed by atoms with van der Waals surface area (Å²) in [5, 5.41) is 11.8. The molecule has 0 aliphatic heterocycles. The third-order valence-corrected chi connectivity index (χ3v) is 3.56. The maximum Gasteiger partial charge on any atom is 0.317 e. The highest BCUT2D eigenvalue weighted by Crippen LogP contribution is 2.28. The summed E-state index contributed by atoms with van der Waals surface area (Å²) < 4.78 is 0. The summed E-state index contributed by atoms with van der Waals surface area (Å²) in [6, 6.07) is 0.0523. The van der Waals surface area contributed by atoms with Crippen LogP contribution in [0.15, 0.2) is 0 Å². The number of rotatable bonds is 3. The van der Waals surface area contributed by atoms with Gasteiger partial charge in [0.1, 0.15) is 0 Å². The lowest BCUT2D eigenvalue weighted by molar-refractivity contribution is -0.142. The third kappa shape index (κ3) is 2.28. The van der Waals surface area contributed by atoms with Gasteiger partial charge in [0, 0.05) is 19.1 Å². The van der Waals surface area contributed by atoms with Crippen LogP contribution in [0.5, 0.6) is 0 Å². The zero-order chi connectivity index (χ0) is 11.7. The Hall–Kier alpha value is -1.26. The first-order valence-electron chi connectivity index (χ1n) is 5.85. The van der Waals surface area contributed by atoms with E-state index >= 15 is 0 Å². The number of nitrogens with one attached hydrogen (secondary N) is 1. The van der Waals surface area contributed by atoms with Crippen molar-refractivity contribution in [1.29, 1.82) is 0 Å². The molecule has 5 nitrogen and oxygen atoms in total. The monoisotopic (exact) mass is 226 g/mol. The van der Waals surface area contributed by atoms with Crippen LogP contribution in [0.3, 0.4) is 0 Å². The van der Waals surface area contributed by atoms with Crippen LogP contribution in [0.1, 0.15) is 32.1 Å². The van der Waals surface area contributed by atoms with E-state index in [4.69, 9.17) is 5.11 Å². The molecule has 2 aliphatic carbocycles. The smallest absolute Gasteiger partial charge is 0.317 e. The number of amides is 2. The quantitative estimate of drug-likeness (QED) is 0.755. The number of carboxylic acids is 1. The van der Waals surface area contributed by atoms with Crippen LogP contribution >= 0.6 is 0 Å². The molecule has 2 amide bonds. The van der Waals surface area contributed by atoms with Crippen molar-refractivity contribution in [2.75, 3.05) is 7.05 Å². The van der Waals surface area contributed by atoms with Gasteiger partial charge in [0.2, 0.25) is 0 Å². The summed E-state index contributed by atoms with van der Waals surface area (Å²) in [4.78, 5) is 24.4. The highest BCUT2D eigenvalue weighted by molar-refractivity contribution is 5.77. The molecule has 2 N–H and O–H groups in total. The van der Waals surface area contributed by atoms with Gasteiger partial charge in [-0.25, -0.2) is 4.79 Å². The molecule has 5 heteroatoms. The minimum atomic E-state index is -0.795. The number of carbonyl (C=O) groups excluding carboxylic acids is 1. The maximum absolute atomic E-state index is 11.8. The zero-order valence-corrected chi connectivity index (χ0v) is 9.48. The van der Waals surface area contributed by atoms with E-state index in [1.807, 2.05) is 0 Å². The molecule has 2 fully saturated rings. The van der Waals surface area contributed by atoms with Gasteiger partial charge < -0.3 is 15.3 Å². The van der Waals surface area contributed by atoms with Gasteiger partial charge in [0.15, 0.2) is 0 Å². The van der Waals surface area contributed by atoms with Crippen LogP contribution in [0, 0.1) is 5.92 Å². The fourth-order valence-corrected chi connectivity index (χ4v) is 2.32. The first-order valence-corrected chi connectivity index (χ1v) is 5.85. The molecule has 0 bridgehead atoms. The summed E-state index contributed by atoms with van der Waals surface area (Å²) in [6.45, 7) is 0. The normalized spacial score (nSPS) is 28.8. The average molecular weight is 226 g/mol.